The van der Waals surface area contributed by atoms with Crippen LogP contribution in [0.3, 0.4) is 0 Å². The van der Waals surface area contributed by atoms with Crippen molar-refractivity contribution in [2.24, 2.45) is 0 Å². The molecule has 1 N–H and O–H groups in total. The fourth-order valence-electron chi connectivity index (χ4n) is 2.60. The molecule has 18 heavy (non-hydrogen) atoms. The summed E-state index contributed by atoms with van der Waals surface area (Å²) in [7, 11) is 0. The molecular weight excluding hydrogens is 232 g/mol. The van der Waals surface area contributed by atoms with Gasteiger partial charge in [-0.2, -0.15) is 0 Å². The molecule has 5 nitrogen and oxygen atoms in total. The highest BCUT2D eigenvalue weighted by Gasteiger charge is 2.35. The Balaban J connectivity index is 2.47. The van der Waals surface area contributed by atoms with Crippen molar-refractivity contribution in [2.75, 3.05) is 11.4 Å². The molecule has 2 rings (SSSR count). The number of anilines is 1. The summed E-state index contributed by atoms with van der Waals surface area (Å²) >= 11 is 0. The number of aliphatic hydroxyl groups is 1. The average Bonchev–Trinajstić information content (AvgIpc) is 2.68. The fourth-order valence-corrected chi connectivity index (χ4v) is 2.60. The highest BCUT2D eigenvalue weighted by atomic mass is 16.6. The topological polar surface area (TPSA) is 66.6 Å². The first-order valence-corrected chi connectivity index (χ1v) is 6.11. The fraction of sp³-hybridized carbons (Fsp3) is 0.538. The Morgan fingerprint density at radius 3 is 2.72 bits per heavy atom. The van der Waals surface area contributed by atoms with Gasteiger partial charge < -0.3 is 10.0 Å². The third-order valence-electron chi connectivity index (χ3n) is 3.61. The maximum Gasteiger partial charge on any atom is 0.292 e. The van der Waals surface area contributed by atoms with Gasteiger partial charge in [0.25, 0.3) is 5.69 Å². The average molecular weight is 250 g/mol. The predicted molar refractivity (Wildman–Crippen MR) is 69.7 cm³/mol. The number of hydrogen-bond donors (Lipinski definition) is 1. The third-order valence-corrected chi connectivity index (χ3v) is 3.61. The summed E-state index contributed by atoms with van der Waals surface area (Å²) < 4.78 is 0. The molecule has 1 aliphatic rings. The lowest BCUT2D eigenvalue weighted by Gasteiger charge is -2.33. The van der Waals surface area contributed by atoms with Crippen LogP contribution in [0.4, 0.5) is 11.4 Å². The quantitative estimate of drug-likeness (QED) is 0.661. The Morgan fingerprint density at radius 1 is 1.50 bits per heavy atom. The van der Waals surface area contributed by atoms with Crippen molar-refractivity contribution >= 4 is 11.4 Å². The van der Waals surface area contributed by atoms with Crippen LogP contribution in [0.5, 0.6) is 0 Å². The zero-order valence-electron chi connectivity index (χ0n) is 10.7. The first kappa shape index (κ1) is 12.8. The Kier molecular flexibility index (Phi) is 3.26. The summed E-state index contributed by atoms with van der Waals surface area (Å²) in [5, 5.41) is 20.2. The second-order valence-corrected chi connectivity index (χ2v) is 5.31. The Morgan fingerprint density at radius 2 is 2.22 bits per heavy atom. The standard InChI is InChI=1S/C13H18N2O3/c1-13(2)6-3-7-14(13)11-5-4-10(9-16)8-12(11)15(17)18/h4-5,8,16H,3,6-7,9H2,1-2H3. The van der Waals surface area contributed by atoms with E-state index >= 15 is 0 Å². The van der Waals surface area contributed by atoms with Crippen molar-refractivity contribution in [3.63, 3.8) is 0 Å². The molecule has 0 amide bonds. The summed E-state index contributed by atoms with van der Waals surface area (Å²) in [6.07, 6.45) is 2.08. The van der Waals surface area contributed by atoms with Crippen LogP contribution in [0.15, 0.2) is 18.2 Å². The van der Waals surface area contributed by atoms with Gasteiger partial charge in [-0.05, 0) is 38.3 Å². The van der Waals surface area contributed by atoms with Crippen molar-refractivity contribution in [3.8, 4) is 0 Å². The number of nitro groups is 1. The van der Waals surface area contributed by atoms with Gasteiger partial charge in [-0.3, -0.25) is 10.1 Å². The predicted octanol–water partition coefficient (Wildman–Crippen LogP) is 2.47. The van der Waals surface area contributed by atoms with Crippen molar-refractivity contribution in [1.82, 2.24) is 0 Å². The van der Waals surface area contributed by atoms with E-state index in [1.165, 1.54) is 6.07 Å². The van der Waals surface area contributed by atoms with Gasteiger partial charge in [0, 0.05) is 18.2 Å². The zero-order valence-corrected chi connectivity index (χ0v) is 10.7. The highest BCUT2D eigenvalue weighted by Crippen LogP contribution is 2.38. The van der Waals surface area contributed by atoms with E-state index in [0.717, 1.165) is 19.4 Å². The molecule has 1 heterocycles. The van der Waals surface area contributed by atoms with E-state index in [2.05, 4.69) is 18.7 Å². The molecule has 0 unspecified atom stereocenters. The molecule has 1 saturated heterocycles. The van der Waals surface area contributed by atoms with E-state index < -0.39 is 0 Å². The minimum atomic E-state index is -0.372. The minimum absolute atomic E-state index is 0.0501. The first-order chi connectivity index (χ1) is 8.45. The van der Waals surface area contributed by atoms with Gasteiger partial charge in [0.1, 0.15) is 5.69 Å². The van der Waals surface area contributed by atoms with Crippen LogP contribution in [0.2, 0.25) is 0 Å². The van der Waals surface area contributed by atoms with Gasteiger partial charge in [0.15, 0.2) is 0 Å². The zero-order chi connectivity index (χ0) is 13.3. The lowest BCUT2D eigenvalue weighted by atomic mass is 10.0. The molecule has 5 heteroatoms. The molecule has 1 aliphatic heterocycles. The van der Waals surface area contributed by atoms with Crippen molar-refractivity contribution in [2.45, 2.75) is 38.8 Å². The molecule has 0 radical (unpaired) electrons. The van der Waals surface area contributed by atoms with E-state index in [9.17, 15) is 10.1 Å². The Bertz CT molecular complexity index is 471. The summed E-state index contributed by atoms with van der Waals surface area (Å²) in [5.41, 5.74) is 1.25. The largest absolute Gasteiger partial charge is 0.392 e. The van der Waals surface area contributed by atoms with E-state index in [1.54, 1.807) is 12.1 Å². The molecule has 0 aliphatic carbocycles. The lowest BCUT2D eigenvalue weighted by molar-refractivity contribution is -0.384. The maximum absolute atomic E-state index is 11.2. The van der Waals surface area contributed by atoms with Gasteiger partial charge >= 0.3 is 0 Å². The summed E-state index contributed by atoms with van der Waals surface area (Å²) in [6.45, 7) is 4.87. The van der Waals surface area contributed by atoms with Crippen LogP contribution in [0.1, 0.15) is 32.3 Å². The molecule has 1 aromatic carbocycles. The van der Waals surface area contributed by atoms with Crippen molar-refractivity contribution < 1.29 is 10.0 Å². The normalized spacial score (nSPS) is 18.1. The monoisotopic (exact) mass is 250 g/mol. The van der Waals surface area contributed by atoms with E-state index in [1.807, 2.05) is 0 Å². The number of hydrogen-bond acceptors (Lipinski definition) is 4. The third kappa shape index (κ3) is 2.18. The first-order valence-electron chi connectivity index (χ1n) is 6.11. The molecule has 1 aromatic rings. The molecular formula is C13H18N2O3. The van der Waals surface area contributed by atoms with Gasteiger partial charge in [-0.1, -0.05) is 6.07 Å². The molecule has 0 aromatic heterocycles. The second kappa shape index (κ2) is 4.57. The van der Waals surface area contributed by atoms with Crippen LogP contribution in [0.25, 0.3) is 0 Å². The summed E-state index contributed by atoms with van der Waals surface area (Å²) in [4.78, 5) is 12.9. The minimum Gasteiger partial charge on any atom is -0.392 e. The number of benzene rings is 1. The van der Waals surface area contributed by atoms with Gasteiger partial charge in [0.2, 0.25) is 0 Å². The molecule has 0 saturated carbocycles. The highest BCUT2D eigenvalue weighted by molar-refractivity contribution is 5.66. The van der Waals surface area contributed by atoms with Gasteiger partial charge in [0.05, 0.1) is 11.5 Å². The van der Waals surface area contributed by atoms with E-state index in [0.29, 0.717) is 11.3 Å². The van der Waals surface area contributed by atoms with Gasteiger partial charge in [-0.15, -0.1) is 0 Å². The number of nitrogens with zero attached hydrogens (tertiary/aromatic N) is 2. The Hall–Kier alpha value is -1.62. The Labute approximate surface area is 106 Å². The van der Waals surface area contributed by atoms with Crippen LogP contribution < -0.4 is 4.90 Å². The van der Waals surface area contributed by atoms with E-state index in [4.69, 9.17) is 5.11 Å². The summed E-state index contributed by atoms with van der Waals surface area (Å²) in [6, 6.07) is 4.96. The molecule has 0 atom stereocenters. The molecule has 0 bridgehead atoms. The number of nitro benzene ring substituents is 1. The SMILES string of the molecule is CC1(C)CCCN1c1ccc(CO)cc1[N+](=O)[O-]. The van der Waals surface area contributed by atoms with Crippen LogP contribution in [-0.2, 0) is 6.61 Å². The number of aliphatic hydroxyl groups excluding tert-OH is 1. The van der Waals surface area contributed by atoms with Crippen molar-refractivity contribution in [3.05, 3.63) is 33.9 Å². The van der Waals surface area contributed by atoms with Crippen molar-refractivity contribution in [1.29, 1.82) is 0 Å². The number of rotatable bonds is 3. The van der Waals surface area contributed by atoms with Crippen LogP contribution in [0, 0.1) is 10.1 Å². The smallest absolute Gasteiger partial charge is 0.292 e. The summed E-state index contributed by atoms with van der Waals surface area (Å²) in [5.74, 6) is 0. The van der Waals surface area contributed by atoms with Crippen LogP contribution in [-0.4, -0.2) is 22.1 Å². The van der Waals surface area contributed by atoms with Crippen LogP contribution >= 0.6 is 0 Å². The van der Waals surface area contributed by atoms with E-state index in [-0.39, 0.29) is 22.8 Å². The molecule has 98 valence electrons. The molecule has 1 fully saturated rings. The van der Waals surface area contributed by atoms with Gasteiger partial charge in [-0.25, -0.2) is 0 Å². The lowest BCUT2D eigenvalue weighted by Crippen LogP contribution is -2.38. The maximum atomic E-state index is 11.2. The molecule has 0 spiro atoms. The second-order valence-electron chi connectivity index (χ2n) is 5.31.